The van der Waals surface area contributed by atoms with E-state index in [0.29, 0.717) is 26.9 Å². The minimum atomic E-state index is -0.550. The predicted octanol–water partition coefficient (Wildman–Crippen LogP) is 5.50. The Labute approximate surface area is 196 Å². The van der Waals surface area contributed by atoms with Gasteiger partial charge < -0.3 is 9.47 Å². The lowest BCUT2D eigenvalue weighted by molar-refractivity contribution is -0.123. The summed E-state index contributed by atoms with van der Waals surface area (Å²) in [5.41, 5.74) is 3.17. The first-order chi connectivity index (χ1) is 14.9. The quantitative estimate of drug-likeness (QED) is 0.192. The number of nitrogens with zero attached hydrogens (tertiary/aromatic N) is 1. The fraction of sp³-hybridized carbons (Fsp3) is 0.0455. The number of para-hydroxylation sites is 1. The molecule has 3 rings (SSSR count). The van der Waals surface area contributed by atoms with Gasteiger partial charge in [0.15, 0.2) is 6.61 Å². The number of amides is 1. The maximum absolute atomic E-state index is 12.4. The van der Waals surface area contributed by atoms with E-state index in [2.05, 4.69) is 26.5 Å². The van der Waals surface area contributed by atoms with E-state index in [-0.39, 0.29) is 12.4 Å². The number of benzene rings is 3. The highest BCUT2D eigenvalue weighted by molar-refractivity contribution is 9.10. The molecule has 3 aromatic rings. The summed E-state index contributed by atoms with van der Waals surface area (Å²) in [5.74, 6) is -0.364. The Hall–Kier alpha value is -2.87. The molecule has 0 aliphatic carbocycles. The Balaban J connectivity index is 1.62. The zero-order valence-electron chi connectivity index (χ0n) is 15.8. The second-order valence-electron chi connectivity index (χ2n) is 6.09. The molecule has 31 heavy (non-hydrogen) atoms. The van der Waals surface area contributed by atoms with Crippen molar-refractivity contribution in [3.8, 4) is 11.5 Å². The van der Waals surface area contributed by atoms with Gasteiger partial charge in [0.05, 0.1) is 16.8 Å². The SMILES string of the molecule is O=C(COc1ccccc1Cl)NN=Cc1cc(Br)ccc1OC(=O)c1ccc(Cl)cc1. The molecule has 1 N–H and O–H groups in total. The summed E-state index contributed by atoms with van der Waals surface area (Å²) in [6.45, 7) is -0.266. The average Bonchev–Trinajstić information content (AvgIpc) is 2.75. The van der Waals surface area contributed by atoms with Crippen LogP contribution in [0.15, 0.2) is 76.3 Å². The monoisotopic (exact) mass is 520 g/mol. The van der Waals surface area contributed by atoms with Gasteiger partial charge in [-0.25, -0.2) is 10.2 Å². The minimum Gasteiger partial charge on any atom is -0.482 e. The molecule has 0 fully saturated rings. The number of hydrazone groups is 1. The molecule has 1 amide bonds. The third-order valence-corrected chi connectivity index (χ3v) is 4.90. The molecule has 0 radical (unpaired) electrons. The molecule has 0 heterocycles. The molecule has 0 saturated carbocycles. The summed E-state index contributed by atoms with van der Waals surface area (Å²) >= 11 is 15.2. The van der Waals surface area contributed by atoms with Crippen molar-refractivity contribution in [1.82, 2.24) is 5.43 Å². The summed E-state index contributed by atoms with van der Waals surface area (Å²) in [6, 6.07) is 18.2. The van der Waals surface area contributed by atoms with Gasteiger partial charge in [0, 0.05) is 15.1 Å². The van der Waals surface area contributed by atoms with Crippen LogP contribution in [0.2, 0.25) is 10.0 Å². The van der Waals surface area contributed by atoms with Crippen molar-refractivity contribution < 1.29 is 19.1 Å². The van der Waals surface area contributed by atoms with Gasteiger partial charge in [-0.3, -0.25) is 4.79 Å². The van der Waals surface area contributed by atoms with Gasteiger partial charge in [0.1, 0.15) is 11.5 Å². The minimum absolute atomic E-state index is 0.266. The van der Waals surface area contributed by atoms with Crippen LogP contribution in [-0.4, -0.2) is 24.7 Å². The van der Waals surface area contributed by atoms with E-state index in [1.165, 1.54) is 6.21 Å². The third kappa shape index (κ3) is 6.82. The third-order valence-electron chi connectivity index (χ3n) is 3.84. The largest absolute Gasteiger partial charge is 0.482 e. The van der Waals surface area contributed by atoms with Gasteiger partial charge >= 0.3 is 5.97 Å². The first kappa shape index (κ1) is 22.8. The van der Waals surface area contributed by atoms with Gasteiger partial charge in [0.25, 0.3) is 5.91 Å². The molecule has 3 aromatic carbocycles. The lowest BCUT2D eigenvalue weighted by Gasteiger charge is -2.08. The van der Waals surface area contributed by atoms with Crippen molar-refractivity contribution in [2.75, 3.05) is 6.61 Å². The first-order valence-electron chi connectivity index (χ1n) is 8.89. The molecule has 0 unspecified atom stereocenters. The number of carbonyl (C=O) groups is 2. The summed E-state index contributed by atoms with van der Waals surface area (Å²) in [6.07, 6.45) is 1.36. The van der Waals surface area contributed by atoms with Crippen LogP contribution in [0.1, 0.15) is 15.9 Å². The second kappa shape index (κ2) is 10.9. The second-order valence-corrected chi connectivity index (χ2v) is 7.85. The van der Waals surface area contributed by atoms with E-state index < -0.39 is 11.9 Å². The van der Waals surface area contributed by atoms with Crippen molar-refractivity contribution in [2.24, 2.45) is 5.10 Å². The number of hydrogen-bond donors (Lipinski definition) is 1. The lowest BCUT2D eigenvalue weighted by Crippen LogP contribution is -2.24. The van der Waals surface area contributed by atoms with Crippen LogP contribution in [0, 0.1) is 0 Å². The van der Waals surface area contributed by atoms with E-state index in [9.17, 15) is 9.59 Å². The number of hydrogen-bond acceptors (Lipinski definition) is 5. The number of halogens is 3. The van der Waals surface area contributed by atoms with E-state index in [4.69, 9.17) is 32.7 Å². The summed E-state index contributed by atoms with van der Waals surface area (Å²) < 4.78 is 11.6. The van der Waals surface area contributed by atoms with Crippen molar-refractivity contribution in [3.63, 3.8) is 0 Å². The number of ether oxygens (including phenoxy) is 2. The van der Waals surface area contributed by atoms with Gasteiger partial charge in [-0.15, -0.1) is 0 Å². The van der Waals surface area contributed by atoms with Crippen LogP contribution in [0.25, 0.3) is 0 Å². The van der Waals surface area contributed by atoms with Crippen molar-refractivity contribution in [1.29, 1.82) is 0 Å². The Bertz CT molecular complexity index is 1120. The van der Waals surface area contributed by atoms with E-state index >= 15 is 0 Å². The van der Waals surface area contributed by atoms with Crippen LogP contribution < -0.4 is 14.9 Å². The van der Waals surface area contributed by atoms with Gasteiger partial charge in [-0.1, -0.05) is 51.3 Å². The van der Waals surface area contributed by atoms with Crippen molar-refractivity contribution in [2.45, 2.75) is 0 Å². The standard InChI is InChI=1S/C22H15BrCl2N2O4/c23-16-7-10-19(31-22(29)14-5-8-17(24)9-6-14)15(11-16)12-26-27-21(28)13-30-20-4-2-1-3-18(20)25/h1-12H,13H2,(H,27,28). The maximum Gasteiger partial charge on any atom is 0.343 e. The number of nitrogens with one attached hydrogen (secondary N) is 1. The molecule has 158 valence electrons. The molecule has 0 bridgehead atoms. The Morgan fingerprint density at radius 3 is 2.48 bits per heavy atom. The van der Waals surface area contributed by atoms with Crippen molar-refractivity contribution in [3.05, 3.63) is 92.4 Å². The zero-order chi connectivity index (χ0) is 22.2. The Morgan fingerprint density at radius 2 is 1.74 bits per heavy atom. The highest BCUT2D eigenvalue weighted by Gasteiger charge is 2.12. The number of rotatable bonds is 7. The van der Waals surface area contributed by atoms with Crippen LogP contribution >= 0.6 is 39.1 Å². The molecular formula is C22H15BrCl2N2O4. The zero-order valence-corrected chi connectivity index (χ0v) is 18.9. The highest BCUT2D eigenvalue weighted by atomic mass is 79.9. The maximum atomic E-state index is 12.4. The number of carbonyl (C=O) groups excluding carboxylic acids is 2. The average molecular weight is 522 g/mol. The highest BCUT2D eigenvalue weighted by Crippen LogP contribution is 2.24. The molecule has 9 heteroatoms. The fourth-order valence-electron chi connectivity index (χ4n) is 2.37. The molecule has 0 aliphatic rings. The fourth-order valence-corrected chi connectivity index (χ4v) is 3.06. The molecule has 6 nitrogen and oxygen atoms in total. The van der Waals surface area contributed by atoms with Gasteiger partial charge in [-0.2, -0.15) is 5.10 Å². The van der Waals surface area contributed by atoms with Crippen LogP contribution in [0.4, 0.5) is 0 Å². The van der Waals surface area contributed by atoms with E-state index in [0.717, 1.165) is 4.47 Å². The molecule has 0 aromatic heterocycles. The van der Waals surface area contributed by atoms with Gasteiger partial charge in [0.2, 0.25) is 0 Å². The molecule has 0 aliphatic heterocycles. The van der Waals surface area contributed by atoms with Crippen LogP contribution in [0.3, 0.4) is 0 Å². The molecule has 0 spiro atoms. The van der Waals surface area contributed by atoms with Crippen molar-refractivity contribution >= 4 is 57.2 Å². The lowest BCUT2D eigenvalue weighted by atomic mass is 10.2. The van der Waals surface area contributed by atoms with Gasteiger partial charge in [-0.05, 0) is 54.6 Å². The topological polar surface area (TPSA) is 77.0 Å². The first-order valence-corrected chi connectivity index (χ1v) is 10.4. The molecule has 0 atom stereocenters. The predicted molar refractivity (Wildman–Crippen MR) is 123 cm³/mol. The summed E-state index contributed by atoms with van der Waals surface area (Å²) in [7, 11) is 0. The summed E-state index contributed by atoms with van der Waals surface area (Å²) in [4.78, 5) is 24.3. The van der Waals surface area contributed by atoms with Crippen LogP contribution in [0.5, 0.6) is 11.5 Å². The molecule has 0 saturated heterocycles. The Morgan fingerprint density at radius 1 is 1.00 bits per heavy atom. The van der Waals surface area contributed by atoms with E-state index in [1.807, 2.05) is 0 Å². The normalized spacial score (nSPS) is 10.7. The number of esters is 1. The Kier molecular flexibility index (Phi) is 8.06. The van der Waals surface area contributed by atoms with Crippen LogP contribution in [-0.2, 0) is 4.79 Å². The smallest absolute Gasteiger partial charge is 0.343 e. The molecular weight excluding hydrogens is 507 g/mol. The summed E-state index contributed by atoms with van der Waals surface area (Å²) in [5, 5.41) is 4.82. The van der Waals surface area contributed by atoms with E-state index in [1.54, 1.807) is 66.7 Å².